The van der Waals surface area contributed by atoms with Gasteiger partial charge in [0.2, 0.25) is 0 Å². The molecule has 0 amide bonds. The van der Waals surface area contributed by atoms with Crippen molar-refractivity contribution in [1.82, 2.24) is 0 Å². The van der Waals surface area contributed by atoms with Gasteiger partial charge in [-0.3, -0.25) is 0 Å². The van der Waals surface area contributed by atoms with E-state index in [4.69, 9.17) is 23.7 Å². The van der Waals surface area contributed by atoms with Gasteiger partial charge in [-0.1, -0.05) is 91.0 Å². The summed E-state index contributed by atoms with van der Waals surface area (Å²) in [6, 6.07) is 29.2. The molecular weight excluding hydrogens is 420 g/mol. The van der Waals surface area contributed by atoms with Crippen molar-refractivity contribution in [2.75, 3.05) is 6.61 Å². The van der Waals surface area contributed by atoms with Crippen molar-refractivity contribution in [2.45, 2.75) is 43.9 Å². The van der Waals surface area contributed by atoms with Crippen LogP contribution in [0.15, 0.2) is 91.0 Å². The monoisotopic (exact) mass is 446 g/mol. The Labute approximate surface area is 193 Å². The number of cyclic esters (lactones) is 1. The first kappa shape index (κ1) is 21.8. The molecule has 0 saturated carbocycles. The van der Waals surface area contributed by atoms with Crippen LogP contribution in [-0.2, 0) is 41.7 Å². The number of esters is 1. The molecule has 2 heterocycles. The third-order valence-electron chi connectivity index (χ3n) is 5.81. The van der Waals surface area contributed by atoms with E-state index in [1.165, 1.54) is 0 Å². The zero-order chi connectivity index (χ0) is 22.5. The molecule has 5 atom stereocenters. The van der Waals surface area contributed by atoms with Crippen molar-refractivity contribution in [3.63, 3.8) is 0 Å². The van der Waals surface area contributed by atoms with Crippen molar-refractivity contribution in [3.05, 3.63) is 108 Å². The summed E-state index contributed by atoms with van der Waals surface area (Å²) in [6.07, 6.45) is -3.06. The van der Waals surface area contributed by atoms with Gasteiger partial charge in [0.05, 0.1) is 19.8 Å². The molecule has 0 spiro atoms. The van der Waals surface area contributed by atoms with Gasteiger partial charge in [0.1, 0.15) is 12.2 Å². The quantitative estimate of drug-likeness (QED) is 0.484. The minimum absolute atomic E-state index is 0.285. The first-order valence-electron chi connectivity index (χ1n) is 11.1. The number of rotatable bonds is 8. The Morgan fingerprint density at radius 3 is 1.97 bits per heavy atom. The maximum absolute atomic E-state index is 12.8. The summed E-state index contributed by atoms with van der Waals surface area (Å²) < 4.78 is 30.0. The van der Waals surface area contributed by atoms with E-state index in [-0.39, 0.29) is 6.61 Å². The van der Waals surface area contributed by atoms with Gasteiger partial charge in [0.25, 0.3) is 0 Å². The molecule has 33 heavy (non-hydrogen) atoms. The molecule has 0 radical (unpaired) electrons. The number of hydrogen-bond acceptors (Lipinski definition) is 6. The minimum Gasteiger partial charge on any atom is -0.455 e. The van der Waals surface area contributed by atoms with Crippen LogP contribution in [0, 0.1) is 0 Å². The largest absolute Gasteiger partial charge is 0.455 e. The molecule has 3 aromatic carbocycles. The molecule has 2 saturated heterocycles. The van der Waals surface area contributed by atoms with E-state index in [9.17, 15) is 4.79 Å². The molecule has 0 bridgehead atoms. The summed E-state index contributed by atoms with van der Waals surface area (Å²) in [7, 11) is 0. The molecule has 0 unspecified atom stereocenters. The predicted octanol–water partition coefficient (Wildman–Crippen LogP) is 4.20. The second-order valence-electron chi connectivity index (χ2n) is 8.13. The molecule has 0 N–H and O–H groups in total. The molecule has 2 aliphatic rings. The molecule has 6 heteroatoms. The van der Waals surface area contributed by atoms with Gasteiger partial charge in [-0.15, -0.1) is 0 Å². The molecule has 2 fully saturated rings. The van der Waals surface area contributed by atoms with Gasteiger partial charge < -0.3 is 23.7 Å². The lowest BCUT2D eigenvalue weighted by atomic mass is 10.1. The highest BCUT2D eigenvalue weighted by atomic mass is 16.7. The number of hydrogen-bond donors (Lipinski definition) is 0. The summed E-state index contributed by atoms with van der Waals surface area (Å²) in [5, 5.41) is 0. The third-order valence-corrected chi connectivity index (χ3v) is 5.81. The van der Waals surface area contributed by atoms with Crippen LogP contribution < -0.4 is 0 Å². The van der Waals surface area contributed by atoms with Gasteiger partial charge in [-0.2, -0.15) is 0 Å². The van der Waals surface area contributed by atoms with Crippen LogP contribution in [-0.4, -0.2) is 37.0 Å². The Kier molecular flexibility index (Phi) is 6.79. The van der Waals surface area contributed by atoms with E-state index in [2.05, 4.69) is 0 Å². The highest BCUT2D eigenvalue weighted by Crippen LogP contribution is 2.34. The molecule has 170 valence electrons. The van der Waals surface area contributed by atoms with Crippen molar-refractivity contribution in [3.8, 4) is 0 Å². The summed E-state index contributed by atoms with van der Waals surface area (Å²) >= 11 is 0. The molecule has 6 nitrogen and oxygen atoms in total. The van der Waals surface area contributed by atoms with Crippen molar-refractivity contribution >= 4 is 5.97 Å². The first-order chi connectivity index (χ1) is 16.3. The fourth-order valence-electron chi connectivity index (χ4n) is 4.11. The normalized spacial score (nSPS) is 26.9. The molecule has 2 aliphatic heterocycles. The maximum Gasteiger partial charge on any atom is 0.338 e. The summed E-state index contributed by atoms with van der Waals surface area (Å²) in [4.78, 5) is 12.8. The van der Waals surface area contributed by atoms with Gasteiger partial charge in [0.15, 0.2) is 18.5 Å². The average molecular weight is 446 g/mol. The second kappa shape index (κ2) is 10.3. The lowest BCUT2D eigenvalue weighted by Crippen LogP contribution is -2.42. The van der Waals surface area contributed by atoms with Crippen molar-refractivity contribution in [2.24, 2.45) is 0 Å². The van der Waals surface area contributed by atoms with Gasteiger partial charge in [-0.25, -0.2) is 4.79 Å². The summed E-state index contributed by atoms with van der Waals surface area (Å²) in [5.41, 5.74) is 2.89. The summed E-state index contributed by atoms with van der Waals surface area (Å²) in [6.45, 7) is 0.917. The Hall–Kier alpha value is -3.03. The standard InChI is InChI=1S/C27H26O6/c28-26-25(30-17-20-12-6-2-7-13-20)24(29-16-19-10-4-1-5-11-19)23(33-26)22-18-31-27(32-22)21-14-8-3-9-15-21/h1-15,22-25,27H,16-18H2/t22-,23-,24+,25-,27-/m1/s1. The molecule has 0 aliphatic carbocycles. The Morgan fingerprint density at radius 1 is 0.758 bits per heavy atom. The SMILES string of the molecule is O=C1O[C@H]([C@H]2CO[C@@H](c3ccccc3)O2)[C@H](OCc2ccccc2)[C@H]1OCc1ccccc1. The first-order valence-corrected chi connectivity index (χ1v) is 11.1. The van der Waals surface area contributed by atoms with Crippen molar-refractivity contribution in [1.29, 1.82) is 0 Å². The third kappa shape index (κ3) is 5.15. The fourth-order valence-corrected chi connectivity index (χ4v) is 4.11. The summed E-state index contributed by atoms with van der Waals surface area (Å²) in [5.74, 6) is -0.444. The molecule has 5 rings (SSSR count). The van der Waals surface area contributed by atoms with E-state index in [1.54, 1.807) is 0 Å². The van der Waals surface area contributed by atoms with Gasteiger partial charge >= 0.3 is 5.97 Å². The highest BCUT2D eigenvalue weighted by molar-refractivity contribution is 5.78. The van der Waals surface area contributed by atoms with E-state index in [0.29, 0.717) is 13.2 Å². The molecular formula is C27H26O6. The van der Waals surface area contributed by atoms with Crippen LogP contribution >= 0.6 is 0 Å². The van der Waals surface area contributed by atoms with Gasteiger partial charge in [-0.05, 0) is 11.1 Å². The topological polar surface area (TPSA) is 63.2 Å². The molecule has 0 aromatic heterocycles. The highest BCUT2D eigenvalue weighted by Gasteiger charge is 2.52. The smallest absolute Gasteiger partial charge is 0.338 e. The van der Waals surface area contributed by atoms with Crippen molar-refractivity contribution < 1.29 is 28.5 Å². The zero-order valence-electron chi connectivity index (χ0n) is 18.1. The van der Waals surface area contributed by atoms with Gasteiger partial charge in [0, 0.05) is 5.56 Å². The van der Waals surface area contributed by atoms with E-state index < -0.39 is 36.7 Å². The van der Waals surface area contributed by atoms with Crippen LogP contribution in [0.1, 0.15) is 23.0 Å². The van der Waals surface area contributed by atoms with Crippen LogP contribution in [0.2, 0.25) is 0 Å². The number of ether oxygens (including phenoxy) is 5. The zero-order valence-corrected chi connectivity index (χ0v) is 18.1. The second-order valence-corrected chi connectivity index (χ2v) is 8.13. The van der Waals surface area contributed by atoms with E-state index >= 15 is 0 Å². The van der Waals surface area contributed by atoms with Crippen LogP contribution in [0.5, 0.6) is 0 Å². The van der Waals surface area contributed by atoms with Crippen LogP contribution in [0.3, 0.4) is 0 Å². The van der Waals surface area contributed by atoms with E-state index in [0.717, 1.165) is 16.7 Å². The Balaban J connectivity index is 1.31. The number of carbonyl (C=O) groups is 1. The van der Waals surface area contributed by atoms with E-state index in [1.807, 2.05) is 91.0 Å². The van der Waals surface area contributed by atoms with Crippen LogP contribution in [0.4, 0.5) is 0 Å². The minimum atomic E-state index is -0.849. The fraction of sp³-hybridized carbons (Fsp3) is 0.296. The lowest BCUT2D eigenvalue weighted by molar-refractivity contribution is -0.154. The lowest BCUT2D eigenvalue weighted by Gasteiger charge is -2.25. The number of carbonyl (C=O) groups excluding carboxylic acids is 1. The maximum atomic E-state index is 12.8. The average Bonchev–Trinajstić information content (AvgIpc) is 3.48. The Morgan fingerprint density at radius 2 is 1.33 bits per heavy atom. The molecule has 3 aromatic rings. The number of benzene rings is 3. The Bertz CT molecular complexity index is 1030. The predicted molar refractivity (Wildman–Crippen MR) is 120 cm³/mol. The van der Waals surface area contributed by atoms with Crippen LogP contribution in [0.25, 0.3) is 0 Å².